The van der Waals surface area contributed by atoms with E-state index in [0.29, 0.717) is 28.4 Å². The van der Waals surface area contributed by atoms with E-state index < -0.39 is 15.9 Å². The fraction of sp³-hybridized carbons (Fsp3) is 0.250. The summed E-state index contributed by atoms with van der Waals surface area (Å²) < 4.78 is 46.1. The van der Waals surface area contributed by atoms with Gasteiger partial charge in [-0.1, -0.05) is 6.07 Å². The first-order chi connectivity index (χ1) is 14.2. The molecule has 0 radical (unpaired) electrons. The Morgan fingerprint density at radius 3 is 2.07 bits per heavy atom. The van der Waals surface area contributed by atoms with E-state index in [4.69, 9.17) is 24.1 Å². The average molecular weight is 437 g/mol. The van der Waals surface area contributed by atoms with E-state index in [1.807, 2.05) is 0 Å². The number of carbonyl (C=O) groups is 1. The topological polar surface area (TPSA) is 120 Å². The van der Waals surface area contributed by atoms with Crippen molar-refractivity contribution >= 4 is 27.7 Å². The Bertz CT molecular complexity index is 1020. The van der Waals surface area contributed by atoms with Gasteiger partial charge in [-0.25, -0.2) is 13.2 Å². The number of methoxy groups -OCH3 is 4. The van der Waals surface area contributed by atoms with Crippen molar-refractivity contribution in [3.63, 3.8) is 0 Å². The molecule has 1 amide bonds. The van der Waals surface area contributed by atoms with Gasteiger partial charge >= 0.3 is 6.09 Å². The molecular weight excluding hydrogens is 414 g/mol. The Hall–Kier alpha value is -3.40. The van der Waals surface area contributed by atoms with Crippen molar-refractivity contribution in [2.75, 3.05) is 33.8 Å². The summed E-state index contributed by atoms with van der Waals surface area (Å²) in [6.07, 6.45) is 0.0960. The van der Waals surface area contributed by atoms with E-state index in [1.54, 1.807) is 18.2 Å². The van der Waals surface area contributed by atoms with Crippen LogP contribution in [0.2, 0.25) is 0 Å². The molecule has 0 unspecified atom stereocenters. The first kappa shape index (κ1) is 22.9. The van der Waals surface area contributed by atoms with Crippen LogP contribution in [-0.2, 0) is 15.6 Å². The number of rotatable bonds is 9. The molecule has 2 aromatic carbocycles. The zero-order valence-electron chi connectivity index (χ0n) is 17.0. The highest BCUT2D eigenvalue weighted by Gasteiger charge is 2.15. The lowest BCUT2D eigenvalue weighted by Crippen LogP contribution is -2.09. The second-order valence-electron chi connectivity index (χ2n) is 6.02. The van der Waals surface area contributed by atoms with Crippen molar-refractivity contribution < 1.29 is 37.3 Å². The van der Waals surface area contributed by atoms with Gasteiger partial charge in [0.05, 0.1) is 45.4 Å². The zero-order chi connectivity index (χ0) is 22.3. The highest BCUT2D eigenvalue weighted by molar-refractivity contribution is 7.93. The van der Waals surface area contributed by atoms with Crippen LogP contribution in [0, 0.1) is 0 Å². The first-order valence-corrected chi connectivity index (χ1v) is 10.3. The molecule has 10 heteroatoms. The molecule has 0 bridgehead atoms. The Morgan fingerprint density at radius 2 is 1.57 bits per heavy atom. The molecule has 0 spiro atoms. The lowest BCUT2D eigenvalue weighted by atomic mass is 10.1. The standard InChI is InChI=1S/C20H23NO8S/c1-26-14-10-18(28-3)15(19(11-14)29-4)7-8-30(24,25)12-13-5-6-17(27-2)16(9-13)21-20(22)23/h5-11,21H,12H2,1-4H3,(H,22,23)/b8-7+. The van der Waals surface area contributed by atoms with E-state index in [9.17, 15) is 13.2 Å². The van der Waals surface area contributed by atoms with E-state index in [0.717, 1.165) is 5.41 Å². The van der Waals surface area contributed by atoms with Crippen LogP contribution in [0.4, 0.5) is 10.5 Å². The number of benzene rings is 2. The number of sulfone groups is 1. The number of amides is 1. The van der Waals surface area contributed by atoms with E-state index in [2.05, 4.69) is 5.32 Å². The van der Waals surface area contributed by atoms with Gasteiger partial charge < -0.3 is 24.1 Å². The fourth-order valence-corrected chi connectivity index (χ4v) is 3.79. The predicted octanol–water partition coefficient (Wildman–Crippen LogP) is 3.40. The van der Waals surface area contributed by atoms with Gasteiger partial charge in [-0.15, -0.1) is 0 Å². The summed E-state index contributed by atoms with van der Waals surface area (Å²) in [5, 5.41) is 12.2. The van der Waals surface area contributed by atoms with Crippen LogP contribution in [0.5, 0.6) is 23.0 Å². The number of anilines is 1. The molecule has 0 aliphatic carbocycles. The molecule has 0 aromatic heterocycles. The van der Waals surface area contributed by atoms with Crippen LogP contribution >= 0.6 is 0 Å². The van der Waals surface area contributed by atoms with E-state index >= 15 is 0 Å². The smallest absolute Gasteiger partial charge is 0.409 e. The van der Waals surface area contributed by atoms with Crippen molar-refractivity contribution in [2.24, 2.45) is 0 Å². The second kappa shape index (κ2) is 9.88. The van der Waals surface area contributed by atoms with Gasteiger partial charge in [-0.2, -0.15) is 0 Å². The average Bonchev–Trinajstić information content (AvgIpc) is 2.71. The summed E-state index contributed by atoms with van der Waals surface area (Å²) in [5.74, 6) is 1.20. The van der Waals surface area contributed by atoms with Gasteiger partial charge in [0.25, 0.3) is 0 Å². The lowest BCUT2D eigenvalue weighted by molar-refractivity contribution is 0.209. The third-order valence-corrected chi connectivity index (χ3v) is 5.35. The Morgan fingerprint density at radius 1 is 0.967 bits per heavy atom. The highest BCUT2D eigenvalue weighted by atomic mass is 32.2. The van der Waals surface area contributed by atoms with Gasteiger partial charge in [-0.3, -0.25) is 5.32 Å². The van der Waals surface area contributed by atoms with Crippen molar-refractivity contribution in [3.05, 3.63) is 46.9 Å². The third-order valence-electron chi connectivity index (χ3n) is 4.07. The zero-order valence-corrected chi connectivity index (χ0v) is 17.8. The van der Waals surface area contributed by atoms with Crippen LogP contribution in [0.3, 0.4) is 0 Å². The minimum atomic E-state index is -3.70. The van der Waals surface area contributed by atoms with Gasteiger partial charge in [0.2, 0.25) is 0 Å². The summed E-state index contributed by atoms with van der Waals surface area (Å²) in [4.78, 5) is 10.9. The van der Waals surface area contributed by atoms with Crippen molar-refractivity contribution in [1.29, 1.82) is 0 Å². The van der Waals surface area contributed by atoms with Gasteiger partial charge in [0.1, 0.15) is 23.0 Å². The number of ether oxygens (including phenoxy) is 4. The molecule has 0 saturated carbocycles. The van der Waals surface area contributed by atoms with E-state index in [-0.39, 0.29) is 17.2 Å². The summed E-state index contributed by atoms with van der Waals surface area (Å²) in [7, 11) is 2.09. The van der Waals surface area contributed by atoms with Gasteiger partial charge in [-0.05, 0) is 23.8 Å². The molecule has 0 heterocycles. The molecule has 30 heavy (non-hydrogen) atoms. The lowest BCUT2D eigenvalue weighted by Gasteiger charge is -2.12. The quantitative estimate of drug-likeness (QED) is 0.612. The normalized spacial score (nSPS) is 11.2. The first-order valence-electron chi connectivity index (χ1n) is 8.60. The monoisotopic (exact) mass is 437 g/mol. The maximum absolute atomic E-state index is 12.6. The van der Waals surface area contributed by atoms with Crippen LogP contribution in [0.25, 0.3) is 6.08 Å². The van der Waals surface area contributed by atoms with Gasteiger partial charge in [0, 0.05) is 17.5 Å². The Kier molecular flexibility index (Phi) is 7.54. The summed E-state index contributed by atoms with van der Waals surface area (Å²) in [6, 6.07) is 7.68. The van der Waals surface area contributed by atoms with E-state index in [1.165, 1.54) is 46.6 Å². The molecule has 0 aliphatic rings. The van der Waals surface area contributed by atoms with Crippen molar-refractivity contribution in [3.8, 4) is 23.0 Å². The molecular formula is C20H23NO8S. The summed E-state index contributed by atoms with van der Waals surface area (Å²) >= 11 is 0. The van der Waals surface area contributed by atoms with Crippen LogP contribution < -0.4 is 24.3 Å². The summed E-state index contributed by atoms with van der Waals surface area (Å²) in [5.41, 5.74) is 0.977. The van der Waals surface area contributed by atoms with Crippen molar-refractivity contribution in [2.45, 2.75) is 5.75 Å². The minimum absolute atomic E-state index is 0.153. The Labute approximate surface area is 174 Å². The van der Waals surface area contributed by atoms with Crippen molar-refractivity contribution in [1.82, 2.24) is 0 Å². The maximum Gasteiger partial charge on any atom is 0.409 e. The SMILES string of the molecule is COc1cc(OC)c(/C=C/S(=O)(=O)Cc2ccc(OC)c(NC(=O)O)c2)c(OC)c1. The van der Waals surface area contributed by atoms with Crippen LogP contribution in [0.15, 0.2) is 35.7 Å². The maximum atomic E-state index is 12.6. The Balaban J connectivity index is 2.34. The molecule has 9 nitrogen and oxygen atoms in total. The minimum Gasteiger partial charge on any atom is -0.496 e. The highest BCUT2D eigenvalue weighted by Crippen LogP contribution is 2.35. The van der Waals surface area contributed by atoms with Crippen LogP contribution in [0.1, 0.15) is 11.1 Å². The molecule has 0 aliphatic heterocycles. The fourth-order valence-electron chi connectivity index (χ4n) is 2.71. The molecule has 2 N–H and O–H groups in total. The largest absolute Gasteiger partial charge is 0.496 e. The number of hydrogen-bond acceptors (Lipinski definition) is 7. The number of nitrogens with one attached hydrogen (secondary N) is 1. The third kappa shape index (κ3) is 5.80. The molecule has 0 saturated heterocycles. The molecule has 2 aromatic rings. The molecule has 162 valence electrons. The predicted molar refractivity (Wildman–Crippen MR) is 112 cm³/mol. The number of hydrogen-bond donors (Lipinski definition) is 2. The second-order valence-corrected chi connectivity index (χ2v) is 7.91. The molecule has 0 atom stereocenters. The molecule has 0 fully saturated rings. The number of carboxylic acid groups (broad SMARTS) is 1. The van der Waals surface area contributed by atoms with Gasteiger partial charge in [0.15, 0.2) is 9.84 Å². The molecule has 2 rings (SSSR count). The van der Waals surface area contributed by atoms with Crippen LogP contribution in [-0.4, -0.2) is 48.1 Å². The summed E-state index contributed by atoms with van der Waals surface area (Å²) in [6.45, 7) is 0.